The molecule has 14 nitrogen and oxygen atoms in total. The molecule has 0 unspecified atom stereocenters. The maximum Gasteiger partial charge on any atom is 0.372 e. The molecule has 0 saturated heterocycles. The van der Waals surface area contributed by atoms with Gasteiger partial charge in [-0.3, -0.25) is 13.8 Å². The van der Waals surface area contributed by atoms with Crippen molar-refractivity contribution < 1.29 is 65.2 Å². The molecule has 1 aromatic carbocycles. The second-order valence-corrected chi connectivity index (χ2v) is 9.33. The summed E-state index contributed by atoms with van der Waals surface area (Å²) in [6.07, 6.45) is -0.678. The van der Waals surface area contributed by atoms with Crippen molar-refractivity contribution in [2.75, 3.05) is 92.5 Å². The highest BCUT2D eigenvalue weighted by molar-refractivity contribution is 7.86. The number of esters is 1. The number of Topliss-reactive ketones (excluding diaryl/α,β-unsaturated/α-hetero) is 1. The van der Waals surface area contributed by atoms with Gasteiger partial charge in [0.05, 0.1) is 97.2 Å². The van der Waals surface area contributed by atoms with Gasteiger partial charge < -0.3 is 38.3 Å². The zero-order valence-electron chi connectivity index (χ0n) is 22.4. The summed E-state index contributed by atoms with van der Waals surface area (Å²) in [7, 11) is -3.77. The van der Waals surface area contributed by atoms with Gasteiger partial charge in [-0.1, -0.05) is 18.2 Å². The Balaban J connectivity index is 1.75. The maximum atomic E-state index is 11.9. The lowest BCUT2D eigenvalue weighted by Crippen LogP contribution is -2.17. The summed E-state index contributed by atoms with van der Waals surface area (Å²) in [5.41, 5.74) is 0. The van der Waals surface area contributed by atoms with E-state index in [0.717, 1.165) is 0 Å². The molecule has 0 aromatic heterocycles. The molecule has 1 rings (SSSR count). The average molecular weight is 595 g/mol. The fourth-order valence-electron chi connectivity index (χ4n) is 2.67. The molecule has 0 fully saturated rings. The Kier molecular flexibility index (Phi) is 20.6. The molecule has 40 heavy (non-hydrogen) atoms. The third-order valence-electron chi connectivity index (χ3n) is 4.64. The summed E-state index contributed by atoms with van der Waals surface area (Å²) < 4.78 is 65.5. The van der Waals surface area contributed by atoms with E-state index in [1.807, 2.05) is 0 Å². The van der Waals surface area contributed by atoms with Gasteiger partial charge in [0, 0.05) is 6.42 Å². The van der Waals surface area contributed by atoms with Gasteiger partial charge in [-0.05, 0) is 12.1 Å². The van der Waals surface area contributed by atoms with E-state index in [0.29, 0.717) is 66.1 Å². The van der Waals surface area contributed by atoms with E-state index in [9.17, 15) is 22.8 Å². The van der Waals surface area contributed by atoms with Crippen LogP contribution in [0.5, 0.6) is 0 Å². The first kappa shape index (κ1) is 35.5. The number of ketones is 1. The summed E-state index contributed by atoms with van der Waals surface area (Å²) in [5.74, 6) is -3.27. The first-order valence-corrected chi connectivity index (χ1v) is 14.1. The van der Waals surface area contributed by atoms with E-state index in [-0.39, 0.29) is 37.7 Å². The standard InChI is InChI=1S/C25H38O14S/c26-23(25(28)29)6-7-24(27)38-20-18-36-16-14-34-12-10-32-8-9-33-11-13-35-15-17-37-19-21-39-40(30,31)22-4-2-1-3-5-22/h1-5H,6-21H2,(H,28,29). The van der Waals surface area contributed by atoms with E-state index >= 15 is 0 Å². The second-order valence-electron chi connectivity index (χ2n) is 7.71. The molecule has 0 aliphatic rings. The topological polar surface area (TPSA) is 179 Å². The van der Waals surface area contributed by atoms with Crippen molar-refractivity contribution >= 4 is 27.8 Å². The first-order chi connectivity index (χ1) is 19.3. The second kappa shape index (κ2) is 23.2. The molecule has 0 amide bonds. The Morgan fingerprint density at radius 3 is 1.40 bits per heavy atom. The third kappa shape index (κ3) is 19.5. The number of carbonyl (C=O) groups excluding carboxylic acids is 2. The summed E-state index contributed by atoms with van der Waals surface area (Å²) in [6.45, 7) is 3.83. The van der Waals surface area contributed by atoms with Gasteiger partial charge in [-0.25, -0.2) is 4.79 Å². The van der Waals surface area contributed by atoms with Gasteiger partial charge in [0.1, 0.15) is 6.61 Å². The summed E-state index contributed by atoms with van der Waals surface area (Å²) >= 11 is 0. The number of hydrogen-bond donors (Lipinski definition) is 1. The van der Waals surface area contributed by atoms with Crippen LogP contribution in [0.2, 0.25) is 0 Å². The highest BCUT2D eigenvalue weighted by atomic mass is 32.2. The van der Waals surface area contributed by atoms with Crippen LogP contribution in [0.15, 0.2) is 35.2 Å². The number of rotatable bonds is 27. The van der Waals surface area contributed by atoms with Crippen molar-refractivity contribution in [3.63, 3.8) is 0 Å². The molecule has 0 heterocycles. The quantitative estimate of drug-likeness (QED) is 0.0642. The zero-order valence-corrected chi connectivity index (χ0v) is 23.2. The van der Waals surface area contributed by atoms with Crippen LogP contribution in [0, 0.1) is 0 Å². The smallest absolute Gasteiger partial charge is 0.372 e. The van der Waals surface area contributed by atoms with E-state index < -0.39 is 34.3 Å². The Labute approximate surface area is 233 Å². The summed E-state index contributed by atoms with van der Waals surface area (Å²) in [6, 6.07) is 7.89. The van der Waals surface area contributed by atoms with E-state index in [1.165, 1.54) is 12.1 Å². The Bertz CT molecular complexity index is 923. The molecule has 1 N–H and O–H groups in total. The van der Waals surface area contributed by atoms with Gasteiger partial charge in [-0.2, -0.15) is 8.42 Å². The Morgan fingerprint density at radius 1 is 0.575 bits per heavy atom. The fourth-order valence-corrected chi connectivity index (χ4v) is 3.58. The normalized spacial score (nSPS) is 11.4. The minimum absolute atomic E-state index is 0.00127. The molecular weight excluding hydrogens is 556 g/mol. The van der Waals surface area contributed by atoms with Crippen molar-refractivity contribution in [3.05, 3.63) is 30.3 Å². The fraction of sp³-hybridized carbons (Fsp3) is 0.640. The van der Waals surface area contributed by atoms with Crippen molar-refractivity contribution in [1.29, 1.82) is 0 Å². The summed E-state index contributed by atoms with van der Waals surface area (Å²) in [4.78, 5) is 32.6. The van der Waals surface area contributed by atoms with E-state index in [2.05, 4.69) is 0 Å². The van der Waals surface area contributed by atoms with Gasteiger partial charge in [0.2, 0.25) is 5.78 Å². The van der Waals surface area contributed by atoms with Crippen LogP contribution >= 0.6 is 0 Å². The number of carboxylic acids is 1. The van der Waals surface area contributed by atoms with Gasteiger partial charge >= 0.3 is 11.9 Å². The van der Waals surface area contributed by atoms with Crippen molar-refractivity contribution in [1.82, 2.24) is 0 Å². The number of aliphatic carboxylic acids is 1. The predicted molar refractivity (Wildman–Crippen MR) is 137 cm³/mol. The molecular formula is C25H38O14S. The largest absolute Gasteiger partial charge is 0.476 e. The van der Waals surface area contributed by atoms with Crippen LogP contribution in [-0.2, 0) is 61.8 Å². The molecule has 0 aliphatic heterocycles. The van der Waals surface area contributed by atoms with Crippen LogP contribution in [0.4, 0.5) is 0 Å². The van der Waals surface area contributed by atoms with Crippen molar-refractivity contribution in [3.8, 4) is 0 Å². The lowest BCUT2D eigenvalue weighted by molar-refractivity contribution is -0.151. The minimum Gasteiger partial charge on any atom is -0.476 e. The van der Waals surface area contributed by atoms with Gasteiger partial charge in [0.15, 0.2) is 0 Å². The third-order valence-corrected chi connectivity index (χ3v) is 5.97. The van der Waals surface area contributed by atoms with Crippen LogP contribution in [0.25, 0.3) is 0 Å². The molecule has 0 bridgehead atoms. The lowest BCUT2D eigenvalue weighted by Gasteiger charge is -2.09. The Hall–Kier alpha value is -2.50. The minimum atomic E-state index is -3.77. The van der Waals surface area contributed by atoms with Gasteiger partial charge in [-0.15, -0.1) is 0 Å². The van der Waals surface area contributed by atoms with E-state index in [4.69, 9.17) is 42.4 Å². The average Bonchev–Trinajstić information content (AvgIpc) is 2.94. The van der Waals surface area contributed by atoms with Crippen molar-refractivity contribution in [2.24, 2.45) is 0 Å². The highest BCUT2D eigenvalue weighted by Gasteiger charge is 2.14. The van der Waals surface area contributed by atoms with Crippen LogP contribution in [0.1, 0.15) is 12.8 Å². The summed E-state index contributed by atoms with van der Waals surface area (Å²) in [5, 5.41) is 8.42. The zero-order chi connectivity index (χ0) is 29.3. The van der Waals surface area contributed by atoms with E-state index in [1.54, 1.807) is 18.2 Å². The molecule has 0 atom stereocenters. The Morgan fingerprint density at radius 2 is 0.975 bits per heavy atom. The number of benzene rings is 1. The molecule has 0 saturated carbocycles. The molecule has 0 aliphatic carbocycles. The van der Waals surface area contributed by atoms with Crippen LogP contribution in [-0.4, -0.2) is 124 Å². The molecule has 15 heteroatoms. The van der Waals surface area contributed by atoms with Crippen LogP contribution < -0.4 is 0 Å². The monoisotopic (exact) mass is 594 g/mol. The molecule has 1 aromatic rings. The predicted octanol–water partition coefficient (Wildman–Crippen LogP) is 0.469. The number of carboxylic acid groups (broad SMARTS) is 1. The van der Waals surface area contributed by atoms with Crippen molar-refractivity contribution in [2.45, 2.75) is 17.7 Å². The number of carbonyl (C=O) groups is 3. The molecule has 0 spiro atoms. The van der Waals surface area contributed by atoms with Crippen LogP contribution in [0.3, 0.4) is 0 Å². The van der Waals surface area contributed by atoms with Gasteiger partial charge in [0.25, 0.3) is 10.1 Å². The SMILES string of the molecule is O=C(CCC(=O)C(=O)O)OCCOCCOCCOCCOCCOCCOCCOS(=O)(=O)c1ccccc1. The lowest BCUT2D eigenvalue weighted by atomic mass is 10.2. The number of hydrogen-bond acceptors (Lipinski definition) is 13. The maximum absolute atomic E-state index is 11.9. The molecule has 228 valence electrons. The number of ether oxygens (including phenoxy) is 7. The molecule has 0 radical (unpaired) electrons. The first-order valence-electron chi connectivity index (χ1n) is 12.7. The highest BCUT2D eigenvalue weighted by Crippen LogP contribution is 2.10.